The highest BCUT2D eigenvalue weighted by atomic mass is 19.1. The molecule has 2 aromatic heterocycles. The van der Waals surface area contributed by atoms with Crippen LogP contribution in [0.5, 0.6) is 11.8 Å². The highest BCUT2D eigenvalue weighted by molar-refractivity contribution is 6.03. The number of phenolic OH excluding ortho intramolecular Hbond substituents is 1. The summed E-state index contributed by atoms with van der Waals surface area (Å²) in [5.41, 5.74) is 0.0790. The Hall–Kier alpha value is -4.03. The van der Waals surface area contributed by atoms with Crippen LogP contribution in [0.3, 0.4) is 0 Å². The van der Waals surface area contributed by atoms with Crippen LogP contribution < -0.4 is 9.64 Å². The number of rotatable bonds is 4. The molecule has 2 aromatic carbocycles. The van der Waals surface area contributed by atoms with Crippen LogP contribution in [-0.4, -0.2) is 63.3 Å². The predicted octanol–water partition coefficient (Wildman–Crippen LogP) is 4.88. The molecule has 0 radical (unpaired) electrons. The zero-order valence-corrected chi connectivity index (χ0v) is 21.4. The lowest BCUT2D eigenvalue weighted by molar-refractivity contribution is 0.129. The van der Waals surface area contributed by atoms with E-state index in [9.17, 15) is 9.50 Å². The zero-order valence-electron chi connectivity index (χ0n) is 21.4. The van der Waals surface area contributed by atoms with Crippen LogP contribution in [0.4, 0.5) is 14.6 Å². The lowest BCUT2D eigenvalue weighted by Crippen LogP contribution is -2.56. The standard InChI is InChI=1S/C29H27F2N5O2/c1-5-20-23(30)9-6-16-10-19(37)11-21(24(16)20)26-25(31)27-22(12-32-26)28(34-29(33-27)38-4)35-13-17-7-8-18(14-35)36(17)15(2)3/h1,6,9-12,15,17-18,37H,7-8,13-14H2,2-4H3. The van der Waals surface area contributed by atoms with Gasteiger partial charge in [0.05, 0.1) is 18.1 Å². The summed E-state index contributed by atoms with van der Waals surface area (Å²) >= 11 is 0. The molecule has 194 valence electrons. The Balaban J connectivity index is 1.54. The number of ether oxygens (including phenoxy) is 1. The number of aromatic hydroxyl groups is 1. The van der Waals surface area contributed by atoms with Crippen molar-refractivity contribution in [2.24, 2.45) is 0 Å². The van der Waals surface area contributed by atoms with Crippen LogP contribution in [0.25, 0.3) is 32.9 Å². The molecule has 7 nitrogen and oxygen atoms in total. The maximum absolute atomic E-state index is 16.3. The van der Waals surface area contributed by atoms with E-state index in [1.807, 2.05) is 0 Å². The van der Waals surface area contributed by atoms with Crippen molar-refractivity contribution >= 4 is 27.5 Å². The van der Waals surface area contributed by atoms with Gasteiger partial charge in [0.2, 0.25) is 0 Å². The first-order valence-electron chi connectivity index (χ1n) is 12.7. The zero-order chi connectivity index (χ0) is 26.7. The number of terminal acetylenes is 1. The van der Waals surface area contributed by atoms with Crippen molar-refractivity contribution in [2.45, 2.75) is 44.8 Å². The minimum Gasteiger partial charge on any atom is -0.508 e. The summed E-state index contributed by atoms with van der Waals surface area (Å²) in [4.78, 5) is 18.1. The fourth-order valence-electron chi connectivity index (χ4n) is 6.25. The van der Waals surface area contributed by atoms with Crippen LogP contribution >= 0.6 is 0 Å². The first kappa shape index (κ1) is 24.3. The summed E-state index contributed by atoms with van der Waals surface area (Å²) < 4.78 is 36.3. The first-order chi connectivity index (χ1) is 18.3. The number of fused-ring (bicyclic) bond motifs is 4. The molecule has 2 fully saturated rings. The van der Waals surface area contributed by atoms with Crippen molar-refractivity contribution in [3.8, 4) is 35.4 Å². The Kier molecular flexibility index (Phi) is 5.80. The summed E-state index contributed by atoms with van der Waals surface area (Å²) in [6.07, 6.45) is 9.36. The molecule has 2 bridgehead atoms. The van der Waals surface area contributed by atoms with Gasteiger partial charge < -0.3 is 14.7 Å². The van der Waals surface area contributed by atoms with Gasteiger partial charge in [0.25, 0.3) is 0 Å². The minimum atomic E-state index is -0.729. The molecule has 9 heteroatoms. The Morgan fingerprint density at radius 1 is 1.13 bits per heavy atom. The Morgan fingerprint density at radius 3 is 2.53 bits per heavy atom. The normalized spacial score (nSPS) is 19.4. The molecule has 38 heavy (non-hydrogen) atoms. The quantitative estimate of drug-likeness (QED) is 0.389. The molecule has 2 aliphatic rings. The molecule has 2 atom stereocenters. The smallest absolute Gasteiger partial charge is 0.318 e. The van der Waals surface area contributed by atoms with E-state index in [2.05, 4.69) is 44.5 Å². The van der Waals surface area contributed by atoms with Crippen LogP contribution in [0.2, 0.25) is 0 Å². The lowest BCUT2D eigenvalue weighted by Gasteiger charge is -2.43. The molecule has 2 aliphatic heterocycles. The van der Waals surface area contributed by atoms with E-state index in [1.54, 1.807) is 0 Å². The van der Waals surface area contributed by atoms with Gasteiger partial charge >= 0.3 is 6.01 Å². The van der Waals surface area contributed by atoms with Crippen molar-refractivity contribution in [1.29, 1.82) is 0 Å². The number of benzene rings is 2. The van der Waals surface area contributed by atoms with E-state index in [0.717, 1.165) is 25.9 Å². The number of hydrogen-bond donors (Lipinski definition) is 1. The number of aromatic nitrogens is 3. The van der Waals surface area contributed by atoms with Crippen molar-refractivity contribution < 1.29 is 18.6 Å². The van der Waals surface area contributed by atoms with E-state index in [-0.39, 0.29) is 34.1 Å². The topological polar surface area (TPSA) is 74.6 Å². The van der Waals surface area contributed by atoms with Crippen molar-refractivity contribution in [2.75, 3.05) is 25.1 Å². The van der Waals surface area contributed by atoms with E-state index >= 15 is 4.39 Å². The molecular weight excluding hydrogens is 488 g/mol. The fraction of sp³-hybridized carbons (Fsp3) is 0.345. The van der Waals surface area contributed by atoms with Gasteiger partial charge in [-0.2, -0.15) is 9.97 Å². The second kappa shape index (κ2) is 9.07. The molecule has 1 N–H and O–H groups in total. The van der Waals surface area contributed by atoms with E-state index < -0.39 is 11.6 Å². The second-order valence-electron chi connectivity index (χ2n) is 10.2. The number of hydrogen-bond acceptors (Lipinski definition) is 7. The van der Waals surface area contributed by atoms with Gasteiger partial charge in [-0.25, -0.2) is 8.78 Å². The summed E-state index contributed by atoms with van der Waals surface area (Å²) in [6, 6.07) is 6.76. The number of phenols is 1. The third-order valence-corrected chi connectivity index (χ3v) is 7.71. The van der Waals surface area contributed by atoms with Gasteiger partial charge in [0, 0.05) is 48.4 Å². The molecule has 0 saturated carbocycles. The van der Waals surface area contributed by atoms with Crippen LogP contribution in [0.1, 0.15) is 32.3 Å². The minimum absolute atomic E-state index is 0.0294. The second-order valence-corrected chi connectivity index (χ2v) is 10.2. The number of nitrogens with zero attached hydrogens (tertiary/aromatic N) is 5. The number of anilines is 1. The van der Waals surface area contributed by atoms with Crippen LogP contribution in [0, 0.1) is 24.0 Å². The molecule has 0 amide bonds. The average Bonchev–Trinajstić information content (AvgIpc) is 3.18. The molecule has 4 aromatic rings. The number of halogens is 2. The summed E-state index contributed by atoms with van der Waals surface area (Å²) in [7, 11) is 1.44. The molecular formula is C29H27F2N5O2. The molecule has 0 aliphatic carbocycles. The molecule has 0 spiro atoms. The molecule has 2 unspecified atom stereocenters. The number of pyridine rings is 1. The SMILES string of the molecule is C#Cc1c(F)ccc2cc(O)cc(-c3ncc4c(N5CC6CCC(C5)N6C(C)C)nc(OC)nc4c3F)c12. The highest BCUT2D eigenvalue weighted by Gasteiger charge is 2.42. The summed E-state index contributed by atoms with van der Waals surface area (Å²) in [6.45, 7) is 5.95. The Bertz CT molecular complexity index is 1620. The van der Waals surface area contributed by atoms with Crippen molar-refractivity contribution in [1.82, 2.24) is 19.9 Å². The van der Waals surface area contributed by atoms with Gasteiger partial charge in [0.1, 0.15) is 28.6 Å². The third kappa shape index (κ3) is 3.71. The van der Waals surface area contributed by atoms with Gasteiger partial charge in [-0.3, -0.25) is 9.88 Å². The Labute approximate surface area is 219 Å². The van der Waals surface area contributed by atoms with Gasteiger partial charge in [-0.15, -0.1) is 6.42 Å². The van der Waals surface area contributed by atoms with E-state index in [4.69, 9.17) is 11.2 Å². The maximum atomic E-state index is 16.3. The van der Waals surface area contributed by atoms with Gasteiger partial charge in [-0.05, 0) is 50.3 Å². The average molecular weight is 516 g/mol. The Morgan fingerprint density at radius 2 is 1.87 bits per heavy atom. The van der Waals surface area contributed by atoms with Crippen molar-refractivity contribution in [3.05, 3.63) is 47.7 Å². The maximum Gasteiger partial charge on any atom is 0.318 e. The highest BCUT2D eigenvalue weighted by Crippen LogP contribution is 2.40. The third-order valence-electron chi connectivity index (χ3n) is 7.71. The monoisotopic (exact) mass is 515 g/mol. The lowest BCUT2D eigenvalue weighted by atomic mass is 9.96. The van der Waals surface area contributed by atoms with E-state index in [0.29, 0.717) is 40.1 Å². The molecule has 2 saturated heterocycles. The largest absolute Gasteiger partial charge is 0.508 e. The number of methoxy groups -OCH3 is 1. The van der Waals surface area contributed by atoms with Gasteiger partial charge in [-0.1, -0.05) is 12.0 Å². The van der Waals surface area contributed by atoms with Crippen LogP contribution in [0.15, 0.2) is 30.5 Å². The first-order valence-corrected chi connectivity index (χ1v) is 12.7. The molecule has 4 heterocycles. The van der Waals surface area contributed by atoms with Gasteiger partial charge in [0.15, 0.2) is 5.82 Å². The fourth-order valence-corrected chi connectivity index (χ4v) is 6.25. The summed E-state index contributed by atoms with van der Waals surface area (Å²) in [5, 5.41) is 11.6. The van der Waals surface area contributed by atoms with E-state index in [1.165, 1.54) is 37.6 Å². The molecule has 6 rings (SSSR count). The van der Waals surface area contributed by atoms with Crippen LogP contribution in [-0.2, 0) is 0 Å². The predicted molar refractivity (Wildman–Crippen MR) is 142 cm³/mol. The summed E-state index contributed by atoms with van der Waals surface area (Å²) in [5.74, 6) is 1.46. The van der Waals surface area contributed by atoms with Crippen molar-refractivity contribution in [3.63, 3.8) is 0 Å². The number of piperazine rings is 1.